The van der Waals surface area contributed by atoms with Crippen molar-refractivity contribution in [1.29, 1.82) is 0 Å². The maximum atomic E-state index is 10.3. The molecule has 1 saturated heterocycles. The standard InChI is InChI=1S/C7H14N2O2/c1-11-7-2-3-9(5-10)4-6(7)8/h5-7H,2-4,8H2,1H3/t6-,7-/m0/s1. The fraction of sp³-hybridized carbons (Fsp3) is 0.857. The summed E-state index contributed by atoms with van der Waals surface area (Å²) < 4.78 is 5.13. The monoisotopic (exact) mass is 158 g/mol. The third-order valence-corrected chi connectivity index (χ3v) is 2.08. The van der Waals surface area contributed by atoms with E-state index >= 15 is 0 Å². The van der Waals surface area contributed by atoms with Gasteiger partial charge in [0, 0.05) is 26.2 Å². The summed E-state index contributed by atoms with van der Waals surface area (Å²) in [5.41, 5.74) is 5.73. The van der Waals surface area contributed by atoms with Gasteiger partial charge in [-0.1, -0.05) is 0 Å². The van der Waals surface area contributed by atoms with E-state index in [2.05, 4.69) is 0 Å². The molecular formula is C7H14N2O2. The summed E-state index contributed by atoms with van der Waals surface area (Å²) in [7, 11) is 1.65. The Bertz CT molecular complexity index is 140. The summed E-state index contributed by atoms with van der Waals surface area (Å²) in [5.74, 6) is 0. The Labute approximate surface area is 66.3 Å². The fourth-order valence-corrected chi connectivity index (χ4v) is 1.38. The van der Waals surface area contributed by atoms with Gasteiger partial charge in [0.15, 0.2) is 0 Å². The third kappa shape index (κ3) is 1.91. The zero-order valence-electron chi connectivity index (χ0n) is 6.69. The van der Waals surface area contributed by atoms with Crippen LogP contribution in [0.3, 0.4) is 0 Å². The SMILES string of the molecule is CO[C@H]1CCN(C=O)C[C@@H]1N. The van der Waals surface area contributed by atoms with Gasteiger partial charge < -0.3 is 15.4 Å². The highest BCUT2D eigenvalue weighted by atomic mass is 16.5. The molecule has 0 radical (unpaired) electrons. The van der Waals surface area contributed by atoms with Gasteiger partial charge in [-0.25, -0.2) is 0 Å². The van der Waals surface area contributed by atoms with Gasteiger partial charge >= 0.3 is 0 Å². The molecule has 0 aromatic heterocycles. The van der Waals surface area contributed by atoms with Crippen LogP contribution in [0.25, 0.3) is 0 Å². The molecule has 0 unspecified atom stereocenters. The summed E-state index contributed by atoms with van der Waals surface area (Å²) in [6, 6.07) is -0.0288. The van der Waals surface area contributed by atoms with E-state index in [-0.39, 0.29) is 12.1 Å². The number of hydrogen-bond acceptors (Lipinski definition) is 3. The fourth-order valence-electron chi connectivity index (χ4n) is 1.38. The van der Waals surface area contributed by atoms with Crippen molar-refractivity contribution in [3.63, 3.8) is 0 Å². The average molecular weight is 158 g/mol. The number of amides is 1. The predicted molar refractivity (Wildman–Crippen MR) is 41.0 cm³/mol. The molecule has 1 aliphatic rings. The Balaban J connectivity index is 2.40. The van der Waals surface area contributed by atoms with Crippen molar-refractivity contribution < 1.29 is 9.53 Å². The zero-order valence-corrected chi connectivity index (χ0v) is 6.69. The van der Waals surface area contributed by atoms with Crippen LogP contribution in [-0.4, -0.2) is 43.7 Å². The second-order valence-electron chi connectivity index (χ2n) is 2.83. The molecule has 0 aromatic carbocycles. The smallest absolute Gasteiger partial charge is 0.209 e. The number of nitrogens with zero attached hydrogens (tertiary/aromatic N) is 1. The van der Waals surface area contributed by atoms with Crippen LogP contribution >= 0.6 is 0 Å². The number of likely N-dealkylation sites (tertiary alicyclic amines) is 1. The number of nitrogens with two attached hydrogens (primary N) is 1. The molecule has 1 aliphatic heterocycles. The topological polar surface area (TPSA) is 55.6 Å². The van der Waals surface area contributed by atoms with E-state index in [1.54, 1.807) is 12.0 Å². The molecule has 11 heavy (non-hydrogen) atoms. The minimum atomic E-state index is -0.0288. The second kappa shape index (κ2) is 3.69. The first-order chi connectivity index (χ1) is 5.27. The van der Waals surface area contributed by atoms with E-state index in [1.165, 1.54) is 0 Å². The van der Waals surface area contributed by atoms with Gasteiger partial charge in [-0.05, 0) is 6.42 Å². The van der Waals surface area contributed by atoms with Crippen LogP contribution in [0.1, 0.15) is 6.42 Å². The molecular weight excluding hydrogens is 144 g/mol. The third-order valence-electron chi connectivity index (χ3n) is 2.08. The summed E-state index contributed by atoms with van der Waals surface area (Å²) in [6.07, 6.45) is 1.80. The van der Waals surface area contributed by atoms with Crippen molar-refractivity contribution in [1.82, 2.24) is 4.90 Å². The quantitative estimate of drug-likeness (QED) is 0.535. The number of hydrogen-bond donors (Lipinski definition) is 1. The number of carbonyl (C=O) groups is 1. The van der Waals surface area contributed by atoms with Crippen molar-refractivity contribution in [2.45, 2.75) is 18.6 Å². The lowest BCUT2D eigenvalue weighted by molar-refractivity contribution is -0.120. The Morgan fingerprint density at radius 1 is 1.73 bits per heavy atom. The van der Waals surface area contributed by atoms with E-state index in [0.29, 0.717) is 6.54 Å². The second-order valence-corrected chi connectivity index (χ2v) is 2.83. The minimum absolute atomic E-state index is 0.0288. The molecule has 4 heteroatoms. The molecule has 0 saturated carbocycles. The van der Waals surface area contributed by atoms with Crippen LogP contribution in [0, 0.1) is 0 Å². The van der Waals surface area contributed by atoms with E-state index < -0.39 is 0 Å². The van der Waals surface area contributed by atoms with Gasteiger partial charge in [-0.15, -0.1) is 0 Å². The highest BCUT2D eigenvalue weighted by Gasteiger charge is 2.24. The molecule has 0 aromatic rings. The van der Waals surface area contributed by atoms with Crippen LogP contribution in [0.5, 0.6) is 0 Å². The molecule has 1 fully saturated rings. The van der Waals surface area contributed by atoms with Crippen molar-refractivity contribution in [3.8, 4) is 0 Å². The summed E-state index contributed by atoms with van der Waals surface area (Å²) >= 11 is 0. The highest BCUT2D eigenvalue weighted by molar-refractivity contribution is 5.47. The van der Waals surface area contributed by atoms with E-state index in [4.69, 9.17) is 10.5 Å². The summed E-state index contributed by atoms with van der Waals surface area (Å²) in [5, 5.41) is 0. The van der Waals surface area contributed by atoms with Crippen LogP contribution in [0.4, 0.5) is 0 Å². The minimum Gasteiger partial charge on any atom is -0.380 e. The molecule has 0 bridgehead atoms. The Kier molecular flexibility index (Phi) is 2.84. The van der Waals surface area contributed by atoms with Gasteiger partial charge in [0.2, 0.25) is 6.41 Å². The van der Waals surface area contributed by atoms with Crippen LogP contribution in [0.15, 0.2) is 0 Å². The number of methoxy groups -OCH3 is 1. The number of ether oxygens (including phenoxy) is 1. The van der Waals surface area contributed by atoms with E-state index in [9.17, 15) is 4.79 Å². The van der Waals surface area contributed by atoms with E-state index in [0.717, 1.165) is 19.4 Å². The number of carbonyl (C=O) groups excluding carboxylic acids is 1. The normalized spacial score (nSPS) is 32.0. The average Bonchev–Trinajstić information content (AvgIpc) is 2.04. The lowest BCUT2D eigenvalue weighted by atomic mass is 10.0. The molecule has 64 valence electrons. The molecule has 1 amide bonds. The lowest BCUT2D eigenvalue weighted by Gasteiger charge is -2.33. The summed E-state index contributed by atoms with van der Waals surface area (Å²) in [6.45, 7) is 1.37. The Hall–Kier alpha value is -0.610. The zero-order chi connectivity index (χ0) is 8.27. The largest absolute Gasteiger partial charge is 0.380 e. The van der Waals surface area contributed by atoms with Crippen LogP contribution in [0.2, 0.25) is 0 Å². The van der Waals surface area contributed by atoms with Crippen molar-refractivity contribution in [3.05, 3.63) is 0 Å². The first-order valence-electron chi connectivity index (χ1n) is 3.75. The van der Waals surface area contributed by atoms with Gasteiger partial charge in [0.1, 0.15) is 0 Å². The Morgan fingerprint density at radius 2 is 2.45 bits per heavy atom. The van der Waals surface area contributed by atoms with Gasteiger partial charge in [-0.3, -0.25) is 4.79 Å². The maximum Gasteiger partial charge on any atom is 0.209 e. The molecule has 2 N–H and O–H groups in total. The molecule has 2 atom stereocenters. The predicted octanol–water partition coefficient (Wildman–Crippen LogP) is -0.809. The summed E-state index contributed by atoms with van der Waals surface area (Å²) in [4.78, 5) is 12.0. The first-order valence-corrected chi connectivity index (χ1v) is 3.75. The molecule has 4 nitrogen and oxygen atoms in total. The first kappa shape index (κ1) is 8.49. The number of piperidine rings is 1. The molecule has 0 spiro atoms. The molecule has 1 heterocycles. The van der Waals surface area contributed by atoms with Gasteiger partial charge in [0.05, 0.1) is 6.10 Å². The maximum absolute atomic E-state index is 10.3. The van der Waals surface area contributed by atoms with Crippen molar-refractivity contribution >= 4 is 6.41 Å². The van der Waals surface area contributed by atoms with Crippen molar-refractivity contribution in [2.24, 2.45) is 5.73 Å². The molecule has 1 rings (SSSR count). The lowest BCUT2D eigenvalue weighted by Crippen LogP contribution is -2.51. The van der Waals surface area contributed by atoms with E-state index in [1.807, 2.05) is 0 Å². The van der Waals surface area contributed by atoms with Crippen molar-refractivity contribution in [2.75, 3.05) is 20.2 Å². The highest BCUT2D eigenvalue weighted by Crippen LogP contribution is 2.10. The van der Waals surface area contributed by atoms with Crippen LogP contribution < -0.4 is 5.73 Å². The Morgan fingerprint density at radius 3 is 2.91 bits per heavy atom. The van der Waals surface area contributed by atoms with Gasteiger partial charge in [-0.2, -0.15) is 0 Å². The molecule has 0 aliphatic carbocycles. The number of rotatable bonds is 2. The van der Waals surface area contributed by atoms with Crippen LogP contribution in [-0.2, 0) is 9.53 Å². The van der Waals surface area contributed by atoms with Gasteiger partial charge in [0.25, 0.3) is 0 Å².